The van der Waals surface area contributed by atoms with Gasteiger partial charge in [-0.3, -0.25) is 0 Å². The highest BCUT2D eigenvalue weighted by atomic mass is 16.1. The van der Waals surface area contributed by atoms with Crippen molar-refractivity contribution in [2.45, 2.75) is 59.3 Å². The third-order valence-electron chi connectivity index (χ3n) is 6.33. The first-order valence-corrected chi connectivity index (χ1v) is 8.30. The van der Waals surface area contributed by atoms with Gasteiger partial charge < -0.3 is 4.79 Å². The largest absolute Gasteiger partial charge is 0.303 e. The van der Waals surface area contributed by atoms with Crippen LogP contribution in [-0.2, 0) is 4.79 Å². The van der Waals surface area contributed by atoms with Gasteiger partial charge in [0.05, 0.1) is 0 Å². The highest BCUT2D eigenvalue weighted by Crippen LogP contribution is 2.61. The zero-order valence-electron chi connectivity index (χ0n) is 14.0. The summed E-state index contributed by atoms with van der Waals surface area (Å²) < 4.78 is 0. The number of fused-ring (bicyclic) bond motifs is 1. The van der Waals surface area contributed by atoms with Crippen LogP contribution in [0.2, 0.25) is 0 Å². The number of allylic oxidation sites excluding steroid dienone is 4. The third kappa shape index (κ3) is 2.80. The van der Waals surface area contributed by atoms with E-state index in [4.69, 9.17) is 0 Å². The van der Waals surface area contributed by atoms with Crippen LogP contribution in [0.25, 0.3) is 0 Å². The molecule has 0 aromatic heterocycles. The van der Waals surface area contributed by atoms with Crippen LogP contribution in [0.15, 0.2) is 36.5 Å². The number of hydrogen-bond donors (Lipinski definition) is 0. The van der Waals surface area contributed by atoms with Gasteiger partial charge in [-0.15, -0.1) is 0 Å². The van der Waals surface area contributed by atoms with E-state index in [-0.39, 0.29) is 10.8 Å². The van der Waals surface area contributed by atoms with Crippen molar-refractivity contribution >= 4 is 6.29 Å². The normalized spacial score (nSPS) is 40.5. The lowest BCUT2D eigenvalue weighted by Crippen LogP contribution is -2.51. The Balaban J connectivity index is 2.33. The van der Waals surface area contributed by atoms with Gasteiger partial charge in [-0.1, -0.05) is 56.7 Å². The SMILES string of the molecule is C=C/C(C)=C\C[C@H]1C(=C)CC[C@H]2[C@]1(C)CCC[C@]2(C)C=O. The smallest absolute Gasteiger partial charge is 0.126 e. The maximum absolute atomic E-state index is 11.7. The Morgan fingerprint density at radius 3 is 2.71 bits per heavy atom. The van der Waals surface area contributed by atoms with E-state index in [9.17, 15) is 4.79 Å². The van der Waals surface area contributed by atoms with Crippen LogP contribution >= 0.6 is 0 Å². The molecule has 21 heavy (non-hydrogen) atoms. The van der Waals surface area contributed by atoms with Crippen molar-refractivity contribution in [3.8, 4) is 0 Å². The maximum atomic E-state index is 11.7. The molecule has 0 saturated heterocycles. The van der Waals surface area contributed by atoms with Gasteiger partial charge in [0.1, 0.15) is 6.29 Å². The summed E-state index contributed by atoms with van der Waals surface area (Å²) in [4.78, 5) is 11.7. The average Bonchev–Trinajstić information content (AvgIpc) is 2.45. The lowest BCUT2D eigenvalue weighted by Gasteiger charge is -2.57. The molecule has 0 N–H and O–H groups in total. The van der Waals surface area contributed by atoms with Gasteiger partial charge in [0, 0.05) is 5.41 Å². The average molecular weight is 286 g/mol. The maximum Gasteiger partial charge on any atom is 0.126 e. The van der Waals surface area contributed by atoms with Crippen molar-refractivity contribution in [3.63, 3.8) is 0 Å². The van der Waals surface area contributed by atoms with Crippen LogP contribution in [0.5, 0.6) is 0 Å². The highest BCUT2D eigenvalue weighted by Gasteiger charge is 2.54. The Labute approximate surface area is 130 Å². The molecule has 1 nitrogen and oxygen atoms in total. The molecular formula is C20H30O. The highest BCUT2D eigenvalue weighted by molar-refractivity contribution is 5.60. The summed E-state index contributed by atoms with van der Waals surface area (Å²) in [6.07, 6.45) is 12.1. The first-order valence-electron chi connectivity index (χ1n) is 8.30. The number of aldehydes is 1. The van der Waals surface area contributed by atoms with Gasteiger partial charge >= 0.3 is 0 Å². The predicted octanol–water partition coefficient (Wildman–Crippen LogP) is 5.49. The predicted molar refractivity (Wildman–Crippen MR) is 90.1 cm³/mol. The minimum atomic E-state index is -0.136. The molecule has 4 atom stereocenters. The van der Waals surface area contributed by atoms with E-state index < -0.39 is 0 Å². The molecule has 0 aliphatic heterocycles. The van der Waals surface area contributed by atoms with E-state index in [1.54, 1.807) is 0 Å². The molecular weight excluding hydrogens is 256 g/mol. The topological polar surface area (TPSA) is 17.1 Å². The van der Waals surface area contributed by atoms with Crippen molar-refractivity contribution in [3.05, 3.63) is 36.5 Å². The van der Waals surface area contributed by atoms with Crippen molar-refractivity contribution in [2.75, 3.05) is 0 Å². The van der Waals surface area contributed by atoms with E-state index >= 15 is 0 Å². The van der Waals surface area contributed by atoms with E-state index in [0.717, 1.165) is 32.1 Å². The van der Waals surface area contributed by atoms with Crippen LogP contribution in [0.3, 0.4) is 0 Å². The summed E-state index contributed by atoms with van der Waals surface area (Å²) in [7, 11) is 0. The molecule has 0 aromatic rings. The minimum Gasteiger partial charge on any atom is -0.303 e. The molecule has 2 fully saturated rings. The van der Waals surface area contributed by atoms with Crippen molar-refractivity contribution < 1.29 is 4.79 Å². The molecule has 0 amide bonds. The summed E-state index contributed by atoms with van der Waals surface area (Å²) in [5.74, 6) is 1.01. The monoisotopic (exact) mass is 286 g/mol. The quantitative estimate of drug-likeness (QED) is 0.379. The zero-order valence-corrected chi connectivity index (χ0v) is 14.0. The lowest BCUT2D eigenvalue weighted by atomic mass is 9.47. The molecule has 0 spiro atoms. The molecule has 0 bridgehead atoms. The fourth-order valence-corrected chi connectivity index (χ4v) is 4.96. The first kappa shape index (κ1) is 16.3. The molecule has 116 valence electrons. The van der Waals surface area contributed by atoms with Gasteiger partial charge in [0.25, 0.3) is 0 Å². The number of carbonyl (C=O) groups is 1. The Morgan fingerprint density at radius 2 is 2.10 bits per heavy atom. The standard InChI is InChI=1S/C20H30O/c1-6-15(2)8-10-17-16(3)9-11-18-19(4,14-21)12-7-13-20(17,18)5/h6,8,14,17-18H,1,3,7,9-13H2,2,4-5H3/b15-8-/t17-,18+,19+,20+/m0/s1. The summed E-state index contributed by atoms with van der Waals surface area (Å²) >= 11 is 0. The molecule has 0 aromatic carbocycles. The van der Waals surface area contributed by atoms with Gasteiger partial charge in [-0.05, 0) is 56.3 Å². The number of rotatable bonds is 4. The Bertz CT molecular complexity index is 472. The van der Waals surface area contributed by atoms with Crippen LogP contribution in [0.1, 0.15) is 59.3 Å². The van der Waals surface area contributed by atoms with Gasteiger partial charge in [0.15, 0.2) is 0 Å². The van der Waals surface area contributed by atoms with E-state index in [1.165, 1.54) is 23.9 Å². The molecule has 2 saturated carbocycles. The van der Waals surface area contributed by atoms with Crippen LogP contribution in [0.4, 0.5) is 0 Å². The molecule has 2 aliphatic carbocycles. The van der Waals surface area contributed by atoms with Crippen molar-refractivity contribution in [1.82, 2.24) is 0 Å². The number of hydrogen-bond acceptors (Lipinski definition) is 1. The second-order valence-corrected chi connectivity index (χ2v) is 7.67. The second kappa shape index (κ2) is 5.94. The van der Waals surface area contributed by atoms with Crippen molar-refractivity contribution in [2.24, 2.45) is 22.7 Å². The minimum absolute atomic E-state index is 0.136. The fraction of sp³-hybridized carbons (Fsp3) is 0.650. The van der Waals surface area contributed by atoms with Crippen LogP contribution in [-0.4, -0.2) is 6.29 Å². The Morgan fingerprint density at radius 1 is 1.38 bits per heavy atom. The van der Waals surface area contributed by atoms with Gasteiger partial charge in [-0.2, -0.15) is 0 Å². The lowest BCUT2D eigenvalue weighted by molar-refractivity contribution is -0.130. The van der Waals surface area contributed by atoms with Crippen LogP contribution < -0.4 is 0 Å². The molecule has 1 heteroatoms. The fourth-order valence-electron chi connectivity index (χ4n) is 4.96. The molecule has 0 radical (unpaired) electrons. The number of carbonyl (C=O) groups excluding carboxylic acids is 1. The van der Waals surface area contributed by atoms with E-state index in [0.29, 0.717) is 11.8 Å². The van der Waals surface area contributed by atoms with E-state index in [2.05, 4.69) is 40.0 Å². The molecule has 2 rings (SSSR count). The molecule has 0 heterocycles. The van der Waals surface area contributed by atoms with Crippen LogP contribution in [0, 0.1) is 22.7 Å². The summed E-state index contributed by atoms with van der Waals surface area (Å²) in [5, 5.41) is 0. The molecule has 0 unspecified atom stereocenters. The summed E-state index contributed by atoms with van der Waals surface area (Å²) in [6, 6.07) is 0. The summed E-state index contributed by atoms with van der Waals surface area (Å²) in [6.45, 7) is 14.9. The second-order valence-electron chi connectivity index (χ2n) is 7.67. The Hall–Kier alpha value is -1.11. The van der Waals surface area contributed by atoms with Crippen molar-refractivity contribution in [1.29, 1.82) is 0 Å². The zero-order chi connectivity index (χ0) is 15.7. The molecule has 2 aliphatic rings. The third-order valence-corrected chi connectivity index (χ3v) is 6.33. The van der Waals surface area contributed by atoms with E-state index in [1.807, 2.05) is 6.08 Å². The Kier molecular flexibility index (Phi) is 4.60. The first-order chi connectivity index (χ1) is 9.87. The summed E-state index contributed by atoms with van der Waals surface area (Å²) in [5.41, 5.74) is 2.71. The van der Waals surface area contributed by atoms with Gasteiger partial charge in [-0.25, -0.2) is 0 Å². The van der Waals surface area contributed by atoms with Gasteiger partial charge in [0.2, 0.25) is 0 Å².